The molecule has 10 nitrogen and oxygen atoms in total. The number of carboxylic acids is 1. The van der Waals surface area contributed by atoms with Crippen LogP contribution in [0.3, 0.4) is 0 Å². The minimum absolute atomic E-state index is 0.121. The number of benzene rings is 3. The van der Waals surface area contributed by atoms with Crippen molar-refractivity contribution in [2.75, 3.05) is 19.8 Å². The quantitative estimate of drug-likeness (QED) is 0.0462. The van der Waals surface area contributed by atoms with Gasteiger partial charge < -0.3 is 29.2 Å². The molecule has 278 valence electrons. The van der Waals surface area contributed by atoms with Crippen molar-refractivity contribution in [2.45, 2.75) is 78.7 Å². The van der Waals surface area contributed by atoms with Gasteiger partial charge in [-0.05, 0) is 79.6 Å². The van der Waals surface area contributed by atoms with Gasteiger partial charge in [0.2, 0.25) is 0 Å². The van der Waals surface area contributed by atoms with Crippen LogP contribution in [0.5, 0.6) is 11.5 Å². The molecule has 0 amide bonds. The number of esters is 3. The Morgan fingerprint density at radius 3 is 1.96 bits per heavy atom. The first kappa shape index (κ1) is 41.2. The maximum Gasteiger partial charge on any atom is 0.333 e. The Morgan fingerprint density at radius 1 is 0.750 bits per heavy atom. The van der Waals surface area contributed by atoms with E-state index in [0.717, 1.165) is 23.1 Å². The minimum atomic E-state index is -1.47. The molecule has 0 aliphatic heterocycles. The SMILES string of the molecule is C=C(C)C(=O)OCc1cc(-c2ccc(OC(=O)CCc3ccc(CCCCCC)cc3)cc2)ccc1OCC(CO)(COC(=O)C(=C)C)CC(=O)O. The number of carbonyl (C=O) groups is 4. The van der Waals surface area contributed by atoms with Crippen molar-refractivity contribution in [3.05, 3.63) is 108 Å². The van der Waals surface area contributed by atoms with Crippen LogP contribution < -0.4 is 9.47 Å². The van der Waals surface area contributed by atoms with Crippen molar-refractivity contribution in [3.63, 3.8) is 0 Å². The number of hydrogen-bond acceptors (Lipinski definition) is 9. The summed E-state index contributed by atoms with van der Waals surface area (Å²) in [6.07, 6.45) is 6.24. The highest BCUT2D eigenvalue weighted by Gasteiger charge is 2.36. The van der Waals surface area contributed by atoms with Gasteiger partial charge in [0, 0.05) is 23.1 Å². The van der Waals surface area contributed by atoms with E-state index in [9.17, 15) is 29.4 Å². The molecule has 3 aromatic carbocycles. The van der Waals surface area contributed by atoms with Crippen LogP contribution in [-0.2, 0) is 48.1 Å². The maximum absolute atomic E-state index is 12.6. The van der Waals surface area contributed by atoms with Crippen LogP contribution >= 0.6 is 0 Å². The largest absolute Gasteiger partial charge is 0.492 e. The highest BCUT2D eigenvalue weighted by molar-refractivity contribution is 5.87. The van der Waals surface area contributed by atoms with Gasteiger partial charge in [0.15, 0.2) is 0 Å². The third-order valence-electron chi connectivity index (χ3n) is 8.40. The second-order valence-electron chi connectivity index (χ2n) is 13.2. The normalized spacial score (nSPS) is 11.9. The van der Waals surface area contributed by atoms with Crippen LogP contribution in [0.4, 0.5) is 0 Å². The number of aliphatic hydroxyl groups is 1. The molecule has 3 rings (SSSR count). The zero-order chi connectivity index (χ0) is 38.1. The second kappa shape index (κ2) is 20.6. The summed E-state index contributed by atoms with van der Waals surface area (Å²) in [7, 11) is 0. The summed E-state index contributed by atoms with van der Waals surface area (Å²) < 4.78 is 22.2. The highest BCUT2D eigenvalue weighted by Crippen LogP contribution is 2.31. The Morgan fingerprint density at radius 2 is 1.37 bits per heavy atom. The van der Waals surface area contributed by atoms with Gasteiger partial charge in [-0.3, -0.25) is 9.59 Å². The first-order valence-corrected chi connectivity index (χ1v) is 17.5. The van der Waals surface area contributed by atoms with Gasteiger partial charge in [0.05, 0.1) is 25.0 Å². The van der Waals surface area contributed by atoms with Crippen molar-refractivity contribution < 1.29 is 48.3 Å². The number of aryl methyl sites for hydroxylation is 2. The summed E-state index contributed by atoms with van der Waals surface area (Å²) >= 11 is 0. The predicted molar refractivity (Wildman–Crippen MR) is 198 cm³/mol. The number of hydrogen-bond donors (Lipinski definition) is 2. The van der Waals surface area contributed by atoms with Crippen molar-refractivity contribution in [2.24, 2.45) is 5.41 Å². The fourth-order valence-electron chi connectivity index (χ4n) is 5.24. The molecule has 2 N–H and O–H groups in total. The van der Waals surface area contributed by atoms with Crippen molar-refractivity contribution in [1.29, 1.82) is 0 Å². The van der Waals surface area contributed by atoms with E-state index in [2.05, 4.69) is 44.3 Å². The first-order chi connectivity index (χ1) is 24.8. The van der Waals surface area contributed by atoms with Gasteiger partial charge in [-0.25, -0.2) is 9.59 Å². The van der Waals surface area contributed by atoms with E-state index in [1.165, 1.54) is 45.1 Å². The fourth-order valence-corrected chi connectivity index (χ4v) is 5.24. The molecule has 0 radical (unpaired) electrons. The lowest BCUT2D eigenvalue weighted by Crippen LogP contribution is -2.40. The number of unbranched alkanes of at least 4 members (excludes halogenated alkanes) is 3. The Labute approximate surface area is 306 Å². The van der Waals surface area contributed by atoms with E-state index in [0.29, 0.717) is 17.7 Å². The summed E-state index contributed by atoms with van der Waals surface area (Å²) in [5.74, 6) is -2.23. The molecule has 0 aliphatic carbocycles. The van der Waals surface area contributed by atoms with E-state index in [4.69, 9.17) is 18.9 Å². The molecule has 0 bridgehead atoms. The third-order valence-corrected chi connectivity index (χ3v) is 8.40. The second-order valence-corrected chi connectivity index (χ2v) is 13.2. The van der Waals surface area contributed by atoms with Crippen molar-refractivity contribution >= 4 is 23.9 Å². The zero-order valence-electron chi connectivity index (χ0n) is 30.4. The highest BCUT2D eigenvalue weighted by atomic mass is 16.5. The van der Waals surface area contributed by atoms with Crippen LogP contribution in [0.25, 0.3) is 11.1 Å². The van der Waals surface area contributed by atoms with Gasteiger partial charge in [0.1, 0.15) is 24.7 Å². The minimum Gasteiger partial charge on any atom is -0.492 e. The number of rotatable bonds is 22. The predicted octanol–water partition coefficient (Wildman–Crippen LogP) is 7.59. The molecule has 1 atom stereocenters. The zero-order valence-corrected chi connectivity index (χ0v) is 30.4. The molecule has 0 spiro atoms. The average molecular weight is 715 g/mol. The average Bonchev–Trinajstić information content (AvgIpc) is 3.13. The van der Waals surface area contributed by atoms with Gasteiger partial charge in [-0.1, -0.05) is 81.8 Å². The van der Waals surface area contributed by atoms with Gasteiger partial charge in [0.25, 0.3) is 0 Å². The number of carbonyl (C=O) groups excluding carboxylic acids is 3. The molecule has 0 fully saturated rings. The molecule has 0 aromatic heterocycles. The van der Waals surface area contributed by atoms with E-state index in [1.807, 2.05) is 0 Å². The molecule has 3 aromatic rings. The monoisotopic (exact) mass is 714 g/mol. The van der Waals surface area contributed by atoms with Crippen LogP contribution in [0.2, 0.25) is 0 Å². The lowest BCUT2D eigenvalue weighted by atomic mass is 9.87. The van der Waals surface area contributed by atoms with Crippen LogP contribution in [0.1, 0.15) is 76.0 Å². The molecular formula is C42H50O10. The molecule has 52 heavy (non-hydrogen) atoms. The molecule has 0 aliphatic rings. The Hall–Kier alpha value is -5.22. The van der Waals surface area contributed by atoms with Crippen LogP contribution in [-0.4, -0.2) is 53.9 Å². The summed E-state index contributed by atoms with van der Waals surface area (Å²) in [6.45, 7) is 10.7. The van der Waals surface area contributed by atoms with E-state index in [-0.39, 0.29) is 42.5 Å². The maximum atomic E-state index is 12.6. The topological polar surface area (TPSA) is 146 Å². The number of carboxylic acid groups (broad SMARTS) is 1. The van der Waals surface area contributed by atoms with Crippen LogP contribution in [0.15, 0.2) is 91.0 Å². The van der Waals surface area contributed by atoms with Crippen LogP contribution in [0, 0.1) is 5.41 Å². The molecule has 10 heteroatoms. The third kappa shape index (κ3) is 13.5. The van der Waals surface area contributed by atoms with E-state index < -0.39 is 43.0 Å². The summed E-state index contributed by atoms with van der Waals surface area (Å²) in [6, 6.07) is 20.5. The number of ether oxygens (including phenoxy) is 4. The molecule has 0 saturated carbocycles. The van der Waals surface area contributed by atoms with E-state index >= 15 is 0 Å². The summed E-state index contributed by atoms with van der Waals surface area (Å²) in [5.41, 5.74) is 3.21. The number of aliphatic hydroxyl groups excluding tert-OH is 1. The van der Waals surface area contributed by atoms with Crippen molar-refractivity contribution in [1.82, 2.24) is 0 Å². The standard InChI is InChI=1S/C42H50O10/c1-6-7-8-9-10-31-11-13-32(14-12-31)15-22-39(46)52-36-19-16-33(17-20-36)34-18-21-37(35(23-34)25-49-40(47)29(2)3)50-27-42(26-43,24-38(44)45)28-51-41(48)30(4)5/h11-14,16-21,23,43H,2,4,6-10,15,22,24-28H2,1,3,5H3,(H,44,45). The first-order valence-electron chi connectivity index (χ1n) is 17.5. The molecular weight excluding hydrogens is 664 g/mol. The Kier molecular flexibility index (Phi) is 16.3. The van der Waals surface area contributed by atoms with Gasteiger partial charge in [-0.15, -0.1) is 0 Å². The Bertz CT molecular complexity index is 1690. The fraction of sp³-hybridized carbons (Fsp3) is 0.381. The molecule has 0 saturated heterocycles. The molecule has 1 unspecified atom stereocenters. The Balaban J connectivity index is 1.70. The lowest BCUT2D eigenvalue weighted by molar-refractivity contribution is -0.151. The van der Waals surface area contributed by atoms with Crippen molar-refractivity contribution in [3.8, 4) is 22.6 Å². The lowest BCUT2D eigenvalue weighted by Gasteiger charge is -2.30. The summed E-state index contributed by atoms with van der Waals surface area (Å²) in [4.78, 5) is 48.6. The van der Waals surface area contributed by atoms with Gasteiger partial charge in [-0.2, -0.15) is 0 Å². The smallest absolute Gasteiger partial charge is 0.333 e. The summed E-state index contributed by atoms with van der Waals surface area (Å²) in [5, 5.41) is 19.7. The van der Waals surface area contributed by atoms with E-state index in [1.54, 1.807) is 42.5 Å². The van der Waals surface area contributed by atoms with Gasteiger partial charge >= 0.3 is 23.9 Å². The molecule has 0 heterocycles. The number of aliphatic carboxylic acids is 1.